The molecule has 0 aromatic heterocycles. The maximum atomic E-state index is 13.7. The molecular weight excluding hydrogens is 263 g/mol. The first-order valence-corrected chi connectivity index (χ1v) is 6.86. The Balaban J connectivity index is 2.08. The van der Waals surface area contributed by atoms with Crippen LogP contribution < -0.4 is 0 Å². The van der Waals surface area contributed by atoms with Gasteiger partial charge in [0.05, 0.1) is 0 Å². The van der Waals surface area contributed by atoms with E-state index in [0.717, 1.165) is 10.8 Å². The molecule has 0 spiro atoms. The summed E-state index contributed by atoms with van der Waals surface area (Å²) in [5, 5.41) is 2.12. The summed E-state index contributed by atoms with van der Waals surface area (Å²) >= 11 is 0. The lowest BCUT2D eigenvalue weighted by molar-refractivity contribution is 0.103. The highest BCUT2D eigenvalue weighted by Gasteiger charge is 2.13. The van der Waals surface area contributed by atoms with Gasteiger partial charge in [-0.25, -0.2) is 4.39 Å². The zero-order valence-corrected chi connectivity index (χ0v) is 12.0. The van der Waals surface area contributed by atoms with E-state index < -0.39 is 0 Å². The van der Waals surface area contributed by atoms with E-state index in [4.69, 9.17) is 0 Å². The first kappa shape index (κ1) is 13.5. The Morgan fingerprint density at radius 2 is 1.43 bits per heavy atom. The molecule has 0 unspecified atom stereocenters. The quantitative estimate of drug-likeness (QED) is 0.614. The summed E-state index contributed by atoms with van der Waals surface area (Å²) in [6, 6.07) is 16.8. The van der Waals surface area contributed by atoms with Crippen LogP contribution in [0.4, 0.5) is 4.39 Å². The van der Waals surface area contributed by atoms with Crippen LogP contribution in [0, 0.1) is 19.7 Å². The standard InChI is InChI=1S/C19H15FO/c1-12-9-17(10-13(2)18(12)20)19(21)16-8-7-14-5-3-4-6-15(14)11-16/h3-11H,1-2H3. The molecule has 1 nitrogen and oxygen atoms in total. The molecule has 0 aliphatic carbocycles. The lowest BCUT2D eigenvalue weighted by atomic mass is 9.97. The molecule has 0 saturated carbocycles. The minimum absolute atomic E-state index is 0.0769. The Hall–Kier alpha value is -2.48. The smallest absolute Gasteiger partial charge is 0.193 e. The summed E-state index contributed by atoms with van der Waals surface area (Å²) < 4.78 is 13.7. The number of fused-ring (bicyclic) bond motifs is 1. The second-order valence-corrected chi connectivity index (χ2v) is 5.32. The van der Waals surface area contributed by atoms with E-state index in [0.29, 0.717) is 22.3 Å². The van der Waals surface area contributed by atoms with Crippen molar-refractivity contribution in [2.75, 3.05) is 0 Å². The number of carbonyl (C=O) groups excluding carboxylic acids is 1. The molecule has 2 heteroatoms. The van der Waals surface area contributed by atoms with E-state index in [1.54, 1.807) is 26.0 Å². The van der Waals surface area contributed by atoms with E-state index in [1.807, 2.05) is 42.5 Å². The maximum Gasteiger partial charge on any atom is 0.193 e. The molecule has 3 aromatic carbocycles. The van der Waals surface area contributed by atoms with Crippen molar-refractivity contribution in [1.29, 1.82) is 0 Å². The highest BCUT2D eigenvalue weighted by atomic mass is 19.1. The number of rotatable bonds is 2. The number of halogens is 1. The van der Waals surface area contributed by atoms with E-state index >= 15 is 0 Å². The van der Waals surface area contributed by atoms with E-state index in [2.05, 4.69) is 0 Å². The predicted molar refractivity (Wildman–Crippen MR) is 83.3 cm³/mol. The molecule has 0 amide bonds. The van der Waals surface area contributed by atoms with Crippen molar-refractivity contribution in [3.05, 3.63) is 82.7 Å². The molecule has 0 heterocycles. The monoisotopic (exact) mass is 278 g/mol. The van der Waals surface area contributed by atoms with Crippen molar-refractivity contribution in [2.24, 2.45) is 0 Å². The van der Waals surface area contributed by atoms with Crippen LogP contribution in [-0.2, 0) is 0 Å². The molecule has 0 atom stereocenters. The Morgan fingerprint density at radius 3 is 2.10 bits per heavy atom. The van der Waals surface area contributed by atoms with Gasteiger partial charge in [0.25, 0.3) is 0 Å². The summed E-state index contributed by atoms with van der Waals surface area (Å²) in [4.78, 5) is 12.6. The van der Waals surface area contributed by atoms with Gasteiger partial charge in [-0.2, -0.15) is 0 Å². The SMILES string of the molecule is Cc1cc(C(=O)c2ccc3ccccc3c2)cc(C)c1F. The molecule has 104 valence electrons. The second-order valence-electron chi connectivity index (χ2n) is 5.32. The topological polar surface area (TPSA) is 17.1 Å². The van der Waals surface area contributed by atoms with Gasteiger partial charge >= 0.3 is 0 Å². The minimum Gasteiger partial charge on any atom is -0.289 e. The van der Waals surface area contributed by atoms with Gasteiger partial charge < -0.3 is 0 Å². The van der Waals surface area contributed by atoms with Crippen LogP contribution in [0.5, 0.6) is 0 Å². The van der Waals surface area contributed by atoms with Crippen molar-refractivity contribution >= 4 is 16.6 Å². The lowest BCUT2D eigenvalue weighted by Gasteiger charge is -2.07. The van der Waals surface area contributed by atoms with Crippen molar-refractivity contribution < 1.29 is 9.18 Å². The Morgan fingerprint density at radius 1 is 0.810 bits per heavy atom. The van der Waals surface area contributed by atoms with E-state index in [1.165, 1.54) is 0 Å². The zero-order chi connectivity index (χ0) is 15.0. The van der Waals surface area contributed by atoms with Crippen molar-refractivity contribution in [1.82, 2.24) is 0 Å². The Kier molecular flexibility index (Phi) is 3.30. The number of benzene rings is 3. The van der Waals surface area contributed by atoms with Crippen LogP contribution in [0.2, 0.25) is 0 Å². The number of hydrogen-bond donors (Lipinski definition) is 0. The number of ketones is 1. The fraction of sp³-hybridized carbons (Fsp3) is 0.105. The molecule has 0 aliphatic rings. The molecular formula is C19H15FO. The summed E-state index contributed by atoms with van der Waals surface area (Å²) in [6.07, 6.45) is 0. The molecule has 0 aliphatic heterocycles. The fourth-order valence-corrected chi connectivity index (χ4v) is 2.57. The van der Waals surface area contributed by atoms with Gasteiger partial charge in [0.1, 0.15) is 5.82 Å². The highest BCUT2D eigenvalue weighted by Crippen LogP contribution is 2.21. The normalized spacial score (nSPS) is 10.8. The van der Waals surface area contributed by atoms with Gasteiger partial charge in [0, 0.05) is 11.1 Å². The molecule has 3 rings (SSSR count). The summed E-state index contributed by atoms with van der Waals surface area (Å²) in [6.45, 7) is 3.36. The van der Waals surface area contributed by atoms with Crippen LogP contribution in [-0.4, -0.2) is 5.78 Å². The van der Waals surface area contributed by atoms with Crippen LogP contribution in [0.3, 0.4) is 0 Å². The molecule has 0 bridgehead atoms. The van der Waals surface area contributed by atoms with Gasteiger partial charge in [-0.05, 0) is 53.9 Å². The van der Waals surface area contributed by atoms with Crippen LogP contribution in [0.1, 0.15) is 27.0 Å². The van der Waals surface area contributed by atoms with Gasteiger partial charge in [-0.1, -0.05) is 36.4 Å². The van der Waals surface area contributed by atoms with E-state index in [9.17, 15) is 9.18 Å². The lowest BCUT2D eigenvalue weighted by Crippen LogP contribution is -2.03. The third-order valence-electron chi connectivity index (χ3n) is 3.71. The molecule has 3 aromatic rings. The summed E-state index contributed by atoms with van der Waals surface area (Å²) in [5.41, 5.74) is 2.15. The Labute approximate surface area is 123 Å². The molecule has 0 fully saturated rings. The maximum absolute atomic E-state index is 13.7. The second kappa shape index (κ2) is 5.13. The Bertz CT molecular complexity index is 826. The number of hydrogen-bond acceptors (Lipinski definition) is 1. The van der Waals surface area contributed by atoms with E-state index in [-0.39, 0.29) is 11.6 Å². The van der Waals surface area contributed by atoms with Gasteiger partial charge in [-0.3, -0.25) is 4.79 Å². The average Bonchev–Trinajstić information content (AvgIpc) is 2.51. The summed E-state index contributed by atoms with van der Waals surface area (Å²) in [7, 11) is 0. The largest absolute Gasteiger partial charge is 0.289 e. The molecule has 0 radical (unpaired) electrons. The first-order chi connectivity index (χ1) is 10.1. The third-order valence-corrected chi connectivity index (χ3v) is 3.71. The average molecular weight is 278 g/mol. The van der Waals surface area contributed by atoms with Crippen molar-refractivity contribution in [2.45, 2.75) is 13.8 Å². The number of aryl methyl sites for hydroxylation is 2. The van der Waals surface area contributed by atoms with Crippen LogP contribution in [0.15, 0.2) is 54.6 Å². The molecule has 21 heavy (non-hydrogen) atoms. The molecule has 0 saturated heterocycles. The highest BCUT2D eigenvalue weighted by molar-refractivity contribution is 6.10. The first-order valence-electron chi connectivity index (χ1n) is 6.86. The van der Waals surface area contributed by atoms with Gasteiger partial charge in [-0.15, -0.1) is 0 Å². The third kappa shape index (κ3) is 2.45. The van der Waals surface area contributed by atoms with Crippen LogP contribution in [0.25, 0.3) is 10.8 Å². The predicted octanol–water partition coefficient (Wildman–Crippen LogP) is 4.83. The van der Waals surface area contributed by atoms with Gasteiger partial charge in [0.15, 0.2) is 5.78 Å². The zero-order valence-electron chi connectivity index (χ0n) is 12.0. The van der Waals surface area contributed by atoms with Crippen LogP contribution >= 0.6 is 0 Å². The summed E-state index contributed by atoms with van der Waals surface area (Å²) in [5.74, 6) is -0.322. The van der Waals surface area contributed by atoms with Gasteiger partial charge in [0.2, 0.25) is 0 Å². The van der Waals surface area contributed by atoms with Crippen molar-refractivity contribution in [3.8, 4) is 0 Å². The molecule has 0 N–H and O–H groups in total. The minimum atomic E-state index is -0.245. The van der Waals surface area contributed by atoms with Crippen molar-refractivity contribution in [3.63, 3.8) is 0 Å². The fourth-order valence-electron chi connectivity index (χ4n) is 2.57. The number of carbonyl (C=O) groups is 1.